The van der Waals surface area contributed by atoms with Crippen molar-refractivity contribution in [3.05, 3.63) is 29.8 Å². The molecule has 2 rings (SSSR count). The van der Waals surface area contributed by atoms with Gasteiger partial charge in [-0.2, -0.15) is 0 Å². The van der Waals surface area contributed by atoms with Crippen LogP contribution in [0.4, 0.5) is 0 Å². The summed E-state index contributed by atoms with van der Waals surface area (Å²) in [4.78, 5) is 12.5. The molecule has 0 spiro atoms. The van der Waals surface area contributed by atoms with E-state index >= 15 is 0 Å². The second kappa shape index (κ2) is 16.9. The predicted octanol–water partition coefficient (Wildman–Crippen LogP) is 7.52. The van der Waals surface area contributed by atoms with E-state index in [-0.39, 0.29) is 18.0 Å². The molecule has 1 saturated carbocycles. The van der Waals surface area contributed by atoms with Gasteiger partial charge in [0, 0.05) is 19.4 Å². The first kappa shape index (κ1) is 27.7. The van der Waals surface area contributed by atoms with Gasteiger partial charge in [0.05, 0.1) is 6.61 Å². The molecular formula is C28H46O5. The van der Waals surface area contributed by atoms with Crippen molar-refractivity contribution in [2.45, 2.75) is 122 Å². The van der Waals surface area contributed by atoms with E-state index in [1.165, 1.54) is 44.9 Å². The Bertz CT molecular complexity index is 647. The van der Waals surface area contributed by atoms with Crippen LogP contribution < -0.4 is 4.74 Å². The fourth-order valence-corrected chi connectivity index (χ4v) is 4.64. The maximum atomic E-state index is 12.5. The molecule has 188 valence electrons. The second-order valence-corrected chi connectivity index (χ2v) is 9.17. The molecule has 0 N–H and O–H groups in total. The monoisotopic (exact) mass is 462 g/mol. The molecule has 0 bridgehead atoms. The zero-order valence-corrected chi connectivity index (χ0v) is 21.2. The van der Waals surface area contributed by atoms with Crippen molar-refractivity contribution in [3.63, 3.8) is 0 Å². The number of methoxy groups -OCH3 is 1. The lowest BCUT2D eigenvalue weighted by Crippen LogP contribution is -2.29. The second-order valence-electron chi connectivity index (χ2n) is 9.17. The van der Waals surface area contributed by atoms with Crippen LogP contribution in [0.1, 0.15) is 115 Å². The highest BCUT2D eigenvalue weighted by Gasteiger charge is 2.30. The van der Waals surface area contributed by atoms with Crippen LogP contribution in [-0.4, -0.2) is 32.3 Å². The summed E-state index contributed by atoms with van der Waals surface area (Å²) in [6.07, 6.45) is 16.0. The molecule has 1 unspecified atom stereocenters. The number of esters is 1. The van der Waals surface area contributed by atoms with Gasteiger partial charge in [0.25, 0.3) is 0 Å². The summed E-state index contributed by atoms with van der Waals surface area (Å²) in [6, 6.07) is 8.02. The van der Waals surface area contributed by atoms with Gasteiger partial charge in [-0.05, 0) is 50.3 Å². The molecule has 3 atom stereocenters. The van der Waals surface area contributed by atoms with E-state index < -0.39 is 6.48 Å². The molecule has 0 amide bonds. The number of carbonyl (C=O) groups is 1. The molecule has 1 aromatic carbocycles. The highest BCUT2D eigenvalue weighted by Crippen LogP contribution is 2.36. The lowest BCUT2D eigenvalue weighted by molar-refractivity contribution is -0.231. The van der Waals surface area contributed by atoms with Gasteiger partial charge in [0.15, 0.2) is 0 Å². The third-order valence-corrected chi connectivity index (χ3v) is 6.48. The van der Waals surface area contributed by atoms with Crippen LogP contribution in [0.3, 0.4) is 0 Å². The van der Waals surface area contributed by atoms with Gasteiger partial charge < -0.3 is 18.9 Å². The zero-order chi connectivity index (χ0) is 23.7. The number of hydrogen-bond acceptors (Lipinski definition) is 5. The Balaban J connectivity index is 1.78. The Labute approximate surface area is 201 Å². The minimum absolute atomic E-state index is 0.0435. The summed E-state index contributed by atoms with van der Waals surface area (Å²) < 4.78 is 22.4. The van der Waals surface area contributed by atoms with Crippen molar-refractivity contribution in [2.75, 3.05) is 13.7 Å². The number of carbonyl (C=O) groups excluding carboxylic acids is 1. The van der Waals surface area contributed by atoms with Gasteiger partial charge in [0.2, 0.25) is 0 Å². The number of ether oxygens (including phenoxy) is 4. The maximum absolute atomic E-state index is 12.5. The van der Waals surface area contributed by atoms with Gasteiger partial charge in [-0.3, -0.25) is 4.79 Å². The molecule has 0 aliphatic heterocycles. The average molecular weight is 463 g/mol. The standard InChI is InChI=1S/C28H46O5/c1-4-6-7-8-9-10-11-12-13-21-27(29)33-26-20-15-14-19-25(26)23-17-16-18-24(22-23)32-28(30-3)31-5-2/h16-18,22,25-26,28H,4-15,19-21H2,1-3H3/t25-,26+,28?/m1/s1. The molecule has 0 saturated heterocycles. The minimum atomic E-state index is -0.721. The van der Waals surface area contributed by atoms with Crippen LogP contribution in [0.15, 0.2) is 24.3 Å². The summed E-state index contributed by atoms with van der Waals surface area (Å²) in [6.45, 7) is 3.95. The summed E-state index contributed by atoms with van der Waals surface area (Å²) in [5, 5.41) is 0. The molecule has 1 aliphatic rings. The van der Waals surface area contributed by atoms with E-state index in [9.17, 15) is 4.79 Å². The van der Waals surface area contributed by atoms with Crippen molar-refractivity contribution < 1.29 is 23.7 Å². The first-order chi connectivity index (χ1) is 16.2. The largest absolute Gasteiger partial charge is 0.462 e. The van der Waals surface area contributed by atoms with E-state index in [4.69, 9.17) is 18.9 Å². The molecule has 5 nitrogen and oxygen atoms in total. The summed E-state index contributed by atoms with van der Waals surface area (Å²) in [7, 11) is 1.56. The van der Waals surface area contributed by atoms with E-state index in [1.54, 1.807) is 7.11 Å². The van der Waals surface area contributed by atoms with E-state index in [1.807, 2.05) is 25.1 Å². The summed E-state index contributed by atoms with van der Waals surface area (Å²) >= 11 is 0. The molecule has 5 heteroatoms. The highest BCUT2D eigenvalue weighted by atomic mass is 16.8. The van der Waals surface area contributed by atoms with E-state index in [0.29, 0.717) is 18.8 Å². The zero-order valence-electron chi connectivity index (χ0n) is 21.2. The molecule has 33 heavy (non-hydrogen) atoms. The van der Waals surface area contributed by atoms with Gasteiger partial charge in [0.1, 0.15) is 11.9 Å². The Kier molecular flexibility index (Phi) is 14.2. The van der Waals surface area contributed by atoms with Gasteiger partial charge in [-0.1, -0.05) is 76.8 Å². The van der Waals surface area contributed by atoms with Crippen molar-refractivity contribution in [2.24, 2.45) is 0 Å². The fraction of sp³-hybridized carbons (Fsp3) is 0.750. The quantitative estimate of drug-likeness (QED) is 0.136. The Morgan fingerprint density at radius 3 is 2.36 bits per heavy atom. The lowest BCUT2D eigenvalue weighted by atomic mass is 9.81. The van der Waals surface area contributed by atoms with Crippen molar-refractivity contribution >= 4 is 5.97 Å². The Morgan fingerprint density at radius 2 is 1.67 bits per heavy atom. The molecular weight excluding hydrogens is 416 g/mol. The average Bonchev–Trinajstić information content (AvgIpc) is 2.83. The predicted molar refractivity (Wildman–Crippen MR) is 132 cm³/mol. The van der Waals surface area contributed by atoms with Crippen LogP contribution in [0.25, 0.3) is 0 Å². The SMILES string of the molecule is CCCCCCCCCCCC(=O)O[C@H]1CCCC[C@@H]1c1cccc(OC(OC)OCC)c1. The van der Waals surface area contributed by atoms with Crippen LogP contribution in [-0.2, 0) is 19.0 Å². The lowest BCUT2D eigenvalue weighted by Gasteiger charge is -2.32. The van der Waals surface area contributed by atoms with Crippen molar-refractivity contribution in [3.8, 4) is 5.75 Å². The third-order valence-electron chi connectivity index (χ3n) is 6.48. The van der Waals surface area contributed by atoms with Crippen LogP contribution in [0, 0.1) is 0 Å². The normalized spacial score (nSPS) is 19.2. The molecule has 0 radical (unpaired) electrons. The molecule has 0 aromatic heterocycles. The van der Waals surface area contributed by atoms with Crippen LogP contribution in [0.5, 0.6) is 5.75 Å². The number of benzene rings is 1. The van der Waals surface area contributed by atoms with Crippen LogP contribution >= 0.6 is 0 Å². The van der Waals surface area contributed by atoms with E-state index in [0.717, 1.165) is 44.1 Å². The summed E-state index contributed by atoms with van der Waals surface area (Å²) in [5.41, 5.74) is 1.15. The molecule has 1 aliphatic carbocycles. The van der Waals surface area contributed by atoms with Crippen molar-refractivity contribution in [1.29, 1.82) is 0 Å². The smallest absolute Gasteiger partial charge is 0.315 e. The number of unbranched alkanes of at least 4 members (excludes halogenated alkanes) is 8. The highest BCUT2D eigenvalue weighted by molar-refractivity contribution is 5.69. The van der Waals surface area contributed by atoms with Crippen LogP contribution in [0.2, 0.25) is 0 Å². The Hall–Kier alpha value is -1.59. The van der Waals surface area contributed by atoms with Crippen molar-refractivity contribution in [1.82, 2.24) is 0 Å². The maximum Gasteiger partial charge on any atom is 0.315 e. The minimum Gasteiger partial charge on any atom is -0.462 e. The van der Waals surface area contributed by atoms with Gasteiger partial charge in [-0.15, -0.1) is 0 Å². The number of rotatable bonds is 17. The molecule has 0 heterocycles. The fourth-order valence-electron chi connectivity index (χ4n) is 4.64. The van der Waals surface area contributed by atoms with Gasteiger partial charge in [-0.25, -0.2) is 0 Å². The first-order valence-electron chi connectivity index (χ1n) is 13.3. The first-order valence-corrected chi connectivity index (χ1v) is 13.3. The number of hydrogen-bond donors (Lipinski definition) is 0. The van der Waals surface area contributed by atoms with Gasteiger partial charge >= 0.3 is 12.4 Å². The van der Waals surface area contributed by atoms with E-state index in [2.05, 4.69) is 13.0 Å². The Morgan fingerprint density at radius 1 is 0.970 bits per heavy atom. The topological polar surface area (TPSA) is 54.0 Å². The molecule has 1 fully saturated rings. The summed E-state index contributed by atoms with van der Waals surface area (Å²) in [5.74, 6) is 0.874. The third kappa shape index (κ3) is 10.9. The molecule has 1 aromatic rings.